The second-order valence-electron chi connectivity index (χ2n) is 10.9. The Morgan fingerprint density at radius 2 is 1.88 bits per heavy atom. The minimum Gasteiger partial charge on any atom is -0.494 e. The van der Waals surface area contributed by atoms with Crippen molar-refractivity contribution in [3.8, 4) is 5.75 Å². The molecular formula is C32H46N5O3P. The van der Waals surface area contributed by atoms with E-state index in [0.29, 0.717) is 29.0 Å². The SMILES string of the molecule is CCC(C)CP(Cc1cccc(C(CC(=O)O)c2cc(N)c(N(C)N)c(OC)c2)c1)Nc1cccnc1C(C)CC. The number of aromatic nitrogens is 1. The Morgan fingerprint density at radius 1 is 1.12 bits per heavy atom. The molecule has 6 N–H and O–H groups in total. The molecule has 41 heavy (non-hydrogen) atoms. The number of carboxylic acids is 1. The molecule has 2 aromatic carbocycles. The number of carboxylic acid groups (broad SMARTS) is 1. The van der Waals surface area contributed by atoms with E-state index in [2.05, 4.69) is 51.0 Å². The van der Waals surface area contributed by atoms with E-state index in [1.165, 1.54) is 10.6 Å². The lowest BCUT2D eigenvalue weighted by Crippen LogP contribution is -2.26. The van der Waals surface area contributed by atoms with Gasteiger partial charge in [-0.05, 0) is 67.5 Å². The topological polar surface area (TPSA) is 127 Å². The number of nitrogen functional groups attached to an aromatic ring is 1. The van der Waals surface area contributed by atoms with Crippen molar-refractivity contribution in [3.63, 3.8) is 0 Å². The summed E-state index contributed by atoms with van der Waals surface area (Å²) in [5.74, 6) is 6.15. The molecule has 0 bridgehead atoms. The van der Waals surface area contributed by atoms with Crippen LogP contribution in [0.1, 0.15) is 81.2 Å². The van der Waals surface area contributed by atoms with E-state index in [1.54, 1.807) is 20.2 Å². The van der Waals surface area contributed by atoms with Crippen LogP contribution in [0.5, 0.6) is 5.75 Å². The molecule has 0 radical (unpaired) electrons. The molecule has 1 aromatic heterocycles. The summed E-state index contributed by atoms with van der Waals surface area (Å²) in [6, 6.07) is 16.1. The molecule has 0 aliphatic rings. The lowest BCUT2D eigenvalue weighted by Gasteiger charge is -2.26. The molecular weight excluding hydrogens is 533 g/mol. The number of nitrogens with one attached hydrogen (secondary N) is 1. The molecule has 0 spiro atoms. The number of nitrogens with two attached hydrogens (primary N) is 2. The fourth-order valence-corrected chi connectivity index (χ4v) is 7.52. The number of hydrogen-bond acceptors (Lipinski definition) is 7. The first-order valence-corrected chi connectivity index (χ1v) is 16.0. The van der Waals surface area contributed by atoms with Crippen molar-refractivity contribution in [3.05, 3.63) is 77.1 Å². The summed E-state index contributed by atoms with van der Waals surface area (Å²) in [5.41, 5.74) is 12.5. The molecule has 4 atom stereocenters. The summed E-state index contributed by atoms with van der Waals surface area (Å²) >= 11 is 0. The first-order chi connectivity index (χ1) is 19.6. The zero-order chi connectivity index (χ0) is 30.1. The molecule has 0 fully saturated rings. The Balaban J connectivity index is 1.98. The number of anilines is 3. The number of methoxy groups -OCH3 is 1. The van der Waals surface area contributed by atoms with Crippen LogP contribution < -0.4 is 26.4 Å². The first kappa shape index (κ1) is 32.2. The van der Waals surface area contributed by atoms with Crippen molar-refractivity contribution in [1.29, 1.82) is 0 Å². The predicted octanol–water partition coefficient (Wildman–Crippen LogP) is 7.16. The van der Waals surface area contributed by atoms with Gasteiger partial charge in [-0.2, -0.15) is 0 Å². The molecule has 3 aromatic rings. The first-order valence-electron chi connectivity index (χ1n) is 14.3. The van der Waals surface area contributed by atoms with Gasteiger partial charge in [0.05, 0.1) is 30.6 Å². The van der Waals surface area contributed by atoms with Gasteiger partial charge in [0.1, 0.15) is 11.4 Å². The van der Waals surface area contributed by atoms with Crippen LogP contribution in [-0.2, 0) is 11.0 Å². The molecule has 1 heterocycles. The third-order valence-electron chi connectivity index (χ3n) is 7.63. The highest BCUT2D eigenvalue weighted by molar-refractivity contribution is 7.58. The normalized spacial score (nSPS) is 14.1. The quantitative estimate of drug-likeness (QED) is 0.0647. The van der Waals surface area contributed by atoms with Crippen molar-refractivity contribution in [2.24, 2.45) is 11.8 Å². The molecule has 0 amide bonds. The molecule has 8 nitrogen and oxygen atoms in total. The van der Waals surface area contributed by atoms with Crippen LogP contribution >= 0.6 is 8.07 Å². The smallest absolute Gasteiger partial charge is 0.304 e. The van der Waals surface area contributed by atoms with Crippen molar-refractivity contribution in [2.45, 2.75) is 65.0 Å². The van der Waals surface area contributed by atoms with Crippen LogP contribution in [0.3, 0.4) is 0 Å². The van der Waals surface area contributed by atoms with Gasteiger partial charge in [0.15, 0.2) is 0 Å². The maximum Gasteiger partial charge on any atom is 0.304 e. The van der Waals surface area contributed by atoms with Crippen molar-refractivity contribution in [1.82, 2.24) is 4.98 Å². The maximum absolute atomic E-state index is 12.0. The standard InChI is InChI=1S/C32H46N5O3P/c1-7-21(3)19-41(36-28-13-10-14-35-31(28)22(4)8-2)20-23-11-9-12-24(15-23)26(18-30(38)39)25-16-27(33)32(37(5)34)29(17-25)40-6/h9-17,21-22,26,36H,7-8,18-20,33-34H2,1-6H3,(H,38,39). The zero-order valence-corrected chi connectivity index (χ0v) is 26.1. The van der Waals surface area contributed by atoms with Gasteiger partial charge >= 0.3 is 5.97 Å². The van der Waals surface area contributed by atoms with E-state index in [9.17, 15) is 9.90 Å². The van der Waals surface area contributed by atoms with E-state index in [4.69, 9.17) is 21.3 Å². The molecule has 4 unspecified atom stereocenters. The zero-order valence-electron chi connectivity index (χ0n) is 25.2. The van der Waals surface area contributed by atoms with Crippen molar-refractivity contribution in [2.75, 3.05) is 36.1 Å². The molecule has 0 aliphatic heterocycles. The van der Waals surface area contributed by atoms with E-state index in [1.807, 2.05) is 30.5 Å². The third-order valence-corrected chi connectivity index (χ3v) is 10.0. The number of benzene rings is 2. The number of rotatable bonds is 15. The average Bonchev–Trinajstić information content (AvgIpc) is 2.94. The van der Waals surface area contributed by atoms with Gasteiger partial charge in [0.2, 0.25) is 0 Å². The van der Waals surface area contributed by atoms with Crippen LogP contribution in [0.15, 0.2) is 54.7 Å². The van der Waals surface area contributed by atoms with E-state index >= 15 is 0 Å². The van der Waals surface area contributed by atoms with Crippen molar-refractivity contribution < 1.29 is 14.6 Å². The number of nitrogens with zero attached hydrogens (tertiary/aromatic N) is 2. The minimum absolute atomic E-state index is 0.0717. The molecule has 222 valence electrons. The average molecular weight is 580 g/mol. The predicted molar refractivity (Wildman–Crippen MR) is 172 cm³/mol. The Hall–Kier alpha value is -3.35. The van der Waals surface area contributed by atoms with Crippen LogP contribution in [-0.4, -0.2) is 36.4 Å². The maximum atomic E-state index is 12.0. The van der Waals surface area contributed by atoms with Crippen LogP contribution in [0.2, 0.25) is 0 Å². The van der Waals surface area contributed by atoms with Gasteiger partial charge in [0, 0.05) is 31.2 Å². The molecule has 0 saturated heterocycles. The second kappa shape index (κ2) is 15.0. The van der Waals surface area contributed by atoms with E-state index in [0.717, 1.165) is 47.7 Å². The Labute approximate surface area is 246 Å². The summed E-state index contributed by atoms with van der Waals surface area (Å²) in [6.07, 6.45) is 5.88. The minimum atomic E-state index is -0.882. The van der Waals surface area contributed by atoms with Gasteiger partial charge in [0.25, 0.3) is 0 Å². The third kappa shape index (κ3) is 8.57. The summed E-state index contributed by atoms with van der Waals surface area (Å²) in [6.45, 7) is 8.94. The Bertz CT molecular complexity index is 1300. The summed E-state index contributed by atoms with van der Waals surface area (Å²) in [7, 11) is 2.65. The Kier molecular flexibility index (Phi) is 11.8. The fourth-order valence-electron chi connectivity index (χ4n) is 5.04. The summed E-state index contributed by atoms with van der Waals surface area (Å²) < 4.78 is 5.57. The molecule has 0 saturated carbocycles. The van der Waals surface area contributed by atoms with E-state index in [-0.39, 0.29) is 6.42 Å². The number of aliphatic carboxylic acids is 1. The summed E-state index contributed by atoms with van der Waals surface area (Å²) in [5, 5.41) is 15.1. The van der Waals surface area contributed by atoms with E-state index < -0.39 is 20.0 Å². The van der Waals surface area contributed by atoms with Gasteiger partial charge in [-0.25, -0.2) is 5.84 Å². The number of ether oxygens (including phenoxy) is 1. The molecule has 3 rings (SSSR count). The number of hydrazine groups is 1. The second-order valence-corrected chi connectivity index (χ2v) is 12.9. The lowest BCUT2D eigenvalue weighted by molar-refractivity contribution is -0.137. The van der Waals surface area contributed by atoms with Gasteiger partial charge in [-0.3, -0.25) is 9.78 Å². The Morgan fingerprint density at radius 3 is 2.51 bits per heavy atom. The number of pyridine rings is 1. The highest BCUT2D eigenvalue weighted by atomic mass is 31.1. The van der Waals surface area contributed by atoms with Gasteiger partial charge in [-0.15, -0.1) is 0 Å². The lowest BCUT2D eigenvalue weighted by atomic mass is 9.87. The highest BCUT2D eigenvalue weighted by Gasteiger charge is 2.23. The number of carbonyl (C=O) groups is 1. The fraction of sp³-hybridized carbons (Fsp3) is 0.438. The highest BCUT2D eigenvalue weighted by Crippen LogP contribution is 2.45. The number of hydrogen-bond donors (Lipinski definition) is 4. The summed E-state index contributed by atoms with van der Waals surface area (Å²) in [4.78, 5) is 16.7. The van der Waals surface area contributed by atoms with Crippen LogP contribution in [0.25, 0.3) is 0 Å². The van der Waals surface area contributed by atoms with Crippen LogP contribution in [0.4, 0.5) is 17.1 Å². The molecule has 0 aliphatic carbocycles. The van der Waals surface area contributed by atoms with Crippen LogP contribution in [0, 0.1) is 5.92 Å². The molecule has 9 heteroatoms. The van der Waals surface area contributed by atoms with Gasteiger partial charge in [-0.1, -0.05) is 58.4 Å². The monoisotopic (exact) mass is 579 g/mol. The van der Waals surface area contributed by atoms with Gasteiger partial charge < -0.3 is 25.7 Å². The largest absolute Gasteiger partial charge is 0.494 e. The van der Waals surface area contributed by atoms with Crippen molar-refractivity contribution >= 4 is 31.1 Å².